The molecule has 0 aliphatic heterocycles. The lowest BCUT2D eigenvalue weighted by atomic mass is 10.2. The molecule has 1 heterocycles. The van der Waals surface area contributed by atoms with E-state index in [9.17, 15) is 4.79 Å². The van der Waals surface area contributed by atoms with Crippen molar-refractivity contribution < 1.29 is 4.79 Å². The van der Waals surface area contributed by atoms with Crippen molar-refractivity contribution in [2.24, 2.45) is 0 Å². The third-order valence-electron chi connectivity index (χ3n) is 3.24. The minimum Gasteiger partial charge on any atom is -0.320 e. The van der Waals surface area contributed by atoms with Crippen LogP contribution in [0.2, 0.25) is 5.02 Å². The van der Waals surface area contributed by atoms with Gasteiger partial charge in [-0.15, -0.1) is 11.8 Å². The third-order valence-corrected chi connectivity index (χ3v) is 4.28. The lowest BCUT2D eigenvalue weighted by molar-refractivity contribution is 0.102. The fourth-order valence-electron chi connectivity index (χ4n) is 2.11. The third kappa shape index (κ3) is 3.38. The van der Waals surface area contributed by atoms with Crippen molar-refractivity contribution in [3.05, 3.63) is 65.7 Å². The molecule has 116 valence electrons. The molecule has 1 amide bonds. The van der Waals surface area contributed by atoms with Gasteiger partial charge in [-0.05, 0) is 42.7 Å². The van der Waals surface area contributed by atoms with Crippen molar-refractivity contribution >= 4 is 35.0 Å². The van der Waals surface area contributed by atoms with E-state index in [4.69, 9.17) is 11.6 Å². The van der Waals surface area contributed by atoms with Crippen molar-refractivity contribution in [3.8, 4) is 5.69 Å². The molecule has 0 bridgehead atoms. The second kappa shape index (κ2) is 6.85. The summed E-state index contributed by atoms with van der Waals surface area (Å²) in [4.78, 5) is 17.5. The molecule has 7 heteroatoms. The van der Waals surface area contributed by atoms with E-state index < -0.39 is 0 Å². The molecule has 0 saturated carbocycles. The first-order valence-electron chi connectivity index (χ1n) is 6.78. The lowest BCUT2D eigenvalue weighted by Gasteiger charge is -2.12. The zero-order valence-electron chi connectivity index (χ0n) is 12.2. The largest absolute Gasteiger partial charge is 0.320 e. The smallest absolute Gasteiger partial charge is 0.255 e. The summed E-state index contributed by atoms with van der Waals surface area (Å²) < 4.78 is 1.52. The molecule has 5 nitrogen and oxygen atoms in total. The highest BCUT2D eigenvalue weighted by Crippen LogP contribution is 2.28. The van der Waals surface area contributed by atoms with E-state index >= 15 is 0 Å². The van der Waals surface area contributed by atoms with Gasteiger partial charge in [0.1, 0.15) is 18.3 Å². The molecule has 0 aliphatic carbocycles. The first kappa shape index (κ1) is 15.6. The average Bonchev–Trinajstić information content (AvgIpc) is 3.09. The number of amides is 1. The van der Waals surface area contributed by atoms with Gasteiger partial charge < -0.3 is 5.32 Å². The number of para-hydroxylation sites is 1. The highest BCUT2D eigenvalue weighted by Gasteiger charge is 2.13. The van der Waals surface area contributed by atoms with Gasteiger partial charge in [-0.25, -0.2) is 9.67 Å². The van der Waals surface area contributed by atoms with Crippen molar-refractivity contribution in [1.29, 1.82) is 0 Å². The van der Waals surface area contributed by atoms with Gasteiger partial charge in [-0.3, -0.25) is 4.79 Å². The molecule has 0 radical (unpaired) electrons. The minimum atomic E-state index is -0.207. The summed E-state index contributed by atoms with van der Waals surface area (Å²) >= 11 is 7.88. The van der Waals surface area contributed by atoms with E-state index in [-0.39, 0.29) is 5.91 Å². The summed E-state index contributed by atoms with van der Waals surface area (Å²) in [6.07, 6.45) is 4.94. The Balaban J connectivity index is 1.90. The molecule has 0 saturated heterocycles. The highest BCUT2D eigenvalue weighted by molar-refractivity contribution is 7.98. The second-order valence-electron chi connectivity index (χ2n) is 4.66. The number of aromatic nitrogens is 3. The second-order valence-corrected chi connectivity index (χ2v) is 5.95. The normalized spacial score (nSPS) is 10.5. The van der Waals surface area contributed by atoms with Crippen LogP contribution in [0.1, 0.15) is 10.4 Å². The molecular weight excluding hydrogens is 332 g/mol. The fraction of sp³-hybridized carbons (Fsp3) is 0.0625. The van der Waals surface area contributed by atoms with Crippen molar-refractivity contribution in [1.82, 2.24) is 14.8 Å². The number of nitrogens with one attached hydrogen (secondary N) is 1. The Morgan fingerprint density at radius 2 is 2.00 bits per heavy atom. The summed E-state index contributed by atoms with van der Waals surface area (Å²) in [6.45, 7) is 0. The molecule has 0 aliphatic rings. The zero-order valence-corrected chi connectivity index (χ0v) is 13.8. The fourth-order valence-corrected chi connectivity index (χ4v) is 2.78. The Hall–Kier alpha value is -2.31. The van der Waals surface area contributed by atoms with Crippen molar-refractivity contribution in [2.75, 3.05) is 11.6 Å². The number of carbonyl (C=O) groups excluding carboxylic acids is 1. The van der Waals surface area contributed by atoms with Crippen molar-refractivity contribution in [3.63, 3.8) is 0 Å². The number of anilines is 1. The maximum absolute atomic E-state index is 12.4. The summed E-state index contributed by atoms with van der Waals surface area (Å²) in [6, 6.07) is 12.7. The Morgan fingerprint density at radius 1 is 1.22 bits per heavy atom. The molecule has 1 aromatic heterocycles. The van der Waals surface area contributed by atoms with Crippen LogP contribution in [0.4, 0.5) is 5.69 Å². The molecule has 2 aromatic carbocycles. The van der Waals surface area contributed by atoms with Crippen LogP contribution in [0.25, 0.3) is 5.69 Å². The number of nitrogens with zero attached hydrogens (tertiary/aromatic N) is 3. The van der Waals surface area contributed by atoms with Crippen molar-refractivity contribution in [2.45, 2.75) is 4.90 Å². The first-order valence-corrected chi connectivity index (χ1v) is 8.38. The number of hydrogen-bond donors (Lipinski definition) is 1. The number of hydrogen-bond acceptors (Lipinski definition) is 4. The lowest BCUT2D eigenvalue weighted by Crippen LogP contribution is -2.14. The van der Waals surface area contributed by atoms with Crippen LogP contribution < -0.4 is 5.32 Å². The molecular formula is C16H13ClN4OS. The van der Waals surface area contributed by atoms with Crippen LogP contribution >= 0.6 is 23.4 Å². The summed E-state index contributed by atoms with van der Waals surface area (Å²) in [7, 11) is 0. The van der Waals surface area contributed by atoms with Crippen LogP contribution in [0.3, 0.4) is 0 Å². The van der Waals surface area contributed by atoms with E-state index in [0.717, 1.165) is 4.90 Å². The summed E-state index contributed by atoms with van der Waals surface area (Å²) in [5, 5.41) is 7.43. The Bertz CT molecular complexity index is 819. The molecule has 23 heavy (non-hydrogen) atoms. The van der Waals surface area contributed by atoms with E-state index in [0.29, 0.717) is 22.0 Å². The van der Waals surface area contributed by atoms with E-state index in [2.05, 4.69) is 15.4 Å². The molecule has 0 unspecified atom stereocenters. The Kier molecular flexibility index (Phi) is 4.64. The Labute approximate surface area is 142 Å². The van der Waals surface area contributed by atoms with Crippen LogP contribution in [-0.4, -0.2) is 26.9 Å². The van der Waals surface area contributed by atoms with Gasteiger partial charge in [0.05, 0.1) is 10.7 Å². The monoisotopic (exact) mass is 344 g/mol. The molecule has 0 fully saturated rings. The van der Waals surface area contributed by atoms with Crippen LogP contribution in [0, 0.1) is 0 Å². The topological polar surface area (TPSA) is 59.8 Å². The number of thioether (sulfide) groups is 1. The van der Waals surface area contributed by atoms with E-state index in [1.54, 1.807) is 42.1 Å². The van der Waals surface area contributed by atoms with Gasteiger partial charge in [0.15, 0.2) is 0 Å². The van der Waals surface area contributed by atoms with Gasteiger partial charge in [0.25, 0.3) is 5.91 Å². The van der Waals surface area contributed by atoms with Gasteiger partial charge in [0.2, 0.25) is 0 Å². The molecule has 0 spiro atoms. The first-order chi connectivity index (χ1) is 11.2. The number of rotatable bonds is 4. The Morgan fingerprint density at radius 3 is 2.65 bits per heavy atom. The highest BCUT2D eigenvalue weighted by atomic mass is 35.5. The predicted octanol–water partition coefficient (Wildman–Crippen LogP) is 3.89. The number of halogens is 1. The molecule has 0 atom stereocenters. The quantitative estimate of drug-likeness (QED) is 0.729. The standard InChI is InChI=1S/C16H13ClN4OS/c1-23-12-7-5-11(6-8-12)16(22)20-14-4-2-3-13(17)15(14)21-10-18-9-19-21/h2-10H,1H3,(H,20,22). The van der Waals surface area contributed by atoms with Crippen LogP contribution in [0.5, 0.6) is 0 Å². The maximum Gasteiger partial charge on any atom is 0.255 e. The van der Waals surface area contributed by atoms with Gasteiger partial charge >= 0.3 is 0 Å². The number of benzene rings is 2. The summed E-state index contributed by atoms with van der Waals surface area (Å²) in [5.41, 5.74) is 1.73. The van der Waals surface area contributed by atoms with E-state index in [1.807, 2.05) is 18.4 Å². The van der Waals surface area contributed by atoms with Crippen LogP contribution in [-0.2, 0) is 0 Å². The zero-order chi connectivity index (χ0) is 16.2. The summed E-state index contributed by atoms with van der Waals surface area (Å²) in [5.74, 6) is -0.207. The molecule has 3 rings (SSSR count). The molecule has 3 aromatic rings. The predicted molar refractivity (Wildman–Crippen MR) is 92.5 cm³/mol. The molecule has 1 N–H and O–H groups in total. The number of carbonyl (C=O) groups is 1. The maximum atomic E-state index is 12.4. The van der Waals surface area contributed by atoms with E-state index in [1.165, 1.54) is 17.3 Å². The van der Waals surface area contributed by atoms with Crippen LogP contribution in [0.15, 0.2) is 60.0 Å². The minimum absolute atomic E-state index is 0.207. The van der Waals surface area contributed by atoms with Gasteiger partial charge in [-0.1, -0.05) is 17.7 Å². The van der Waals surface area contributed by atoms with Gasteiger partial charge in [0, 0.05) is 10.5 Å². The average molecular weight is 345 g/mol. The SMILES string of the molecule is CSc1ccc(C(=O)Nc2cccc(Cl)c2-n2cncn2)cc1. The van der Waals surface area contributed by atoms with Gasteiger partial charge in [-0.2, -0.15) is 5.10 Å².